The maximum absolute atomic E-state index is 14.4. The Bertz CT molecular complexity index is 860. The van der Waals surface area contributed by atoms with Crippen molar-refractivity contribution in [2.24, 2.45) is 0 Å². The van der Waals surface area contributed by atoms with Crippen LogP contribution in [0.25, 0.3) is 0 Å². The third-order valence-electron chi connectivity index (χ3n) is 4.24. The van der Waals surface area contributed by atoms with Crippen molar-refractivity contribution in [3.63, 3.8) is 0 Å². The lowest BCUT2D eigenvalue weighted by atomic mass is 9.93. The van der Waals surface area contributed by atoms with Crippen LogP contribution in [-0.2, 0) is 0 Å². The van der Waals surface area contributed by atoms with Crippen LogP contribution in [0.5, 0.6) is 0 Å². The van der Waals surface area contributed by atoms with Crippen LogP contribution in [0.1, 0.15) is 29.6 Å². The lowest BCUT2D eigenvalue weighted by Crippen LogP contribution is -2.28. The number of halogens is 3. The number of aromatic nitrogens is 3. The number of nitrogens with one attached hydrogen (secondary N) is 1. The second kappa shape index (κ2) is 6.18. The maximum Gasteiger partial charge on any atom is 0.222 e. The highest BCUT2D eigenvalue weighted by Gasteiger charge is 2.32. The van der Waals surface area contributed by atoms with Crippen molar-refractivity contribution in [1.29, 1.82) is 0 Å². The molecule has 1 N–H and O–H groups in total. The van der Waals surface area contributed by atoms with Crippen molar-refractivity contribution in [2.45, 2.75) is 18.5 Å². The fourth-order valence-corrected chi connectivity index (χ4v) is 3.66. The van der Waals surface area contributed by atoms with Gasteiger partial charge in [-0.3, -0.25) is 0 Å². The fraction of sp³-hybridized carbons (Fsp3) is 0.176. The van der Waals surface area contributed by atoms with Crippen molar-refractivity contribution < 1.29 is 4.39 Å². The number of rotatable bonds is 2. The summed E-state index contributed by atoms with van der Waals surface area (Å²) >= 11 is 9.73. The third kappa shape index (κ3) is 2.70. The first kappa shape index (κ1) is 15.6. The molecule has 0 bridgehead atoms. The molecule has 122 valence electrons. The minimum Gasteiger partial charge on any atom is -0.348 e. The Balaban J connectivity index is 1.78. The van der Waals surface area contributed by atoms with E-state index in [9.17, 15) is 4.39 Å². The third-order valence-corrected chi connectivity index (χ3v) is 5.09. The zero-order chi connectivity index (χ0) is 16.7. The van der Waals surface area contributed by atoms with Gasteiger partial charge in [0.05, 0.1) is 12.1 Å². The summed E-state index contributed by atoms with van der Waals surface area (Å²) < 4.78 is 17.2. The Morgan fingerprint density at radius 2 is 2.00 bits per heavy atom. The van der Waals surface area contributed by atoms with E-state index in [0.29, 0.717) is 23.0 Å². The lowest BCUT2D eigenvalue weighted by Gasteiger charge is -2.32. The second-order valence-electron chi connectivity index (χ2n) is 5.66. The summed E-state index contributed by atoms with van der Waals surface area (Å²) in [4.78, 5) is 4.25. The molecule has 0 saturated heterocycles. The summed E-state index contributed by atoms with van der Waals surface area (Å²) in [6.45, 7) is 0. The average molecular weight is 408 g/mol. The van der Waals surface area contributed by atoms with E-state index < -0.39 is 0 Å². The van der Waals surface area contributed by atoms with Crippen LogP contribution in [0.15, 0.2) is 53.3 Å². The second-order valence-corrected chi connectivity index (χ2v) is 6.99. The van der Waals surface area contributed by atoms with Gasteiger partial charge in [-0.05, 0) is 36.2 Å². The molecule has 4 nitrogen and oxygen atoms in total. The van der Waals surface area contributed by atoms with E-state index in [-0.39, 0.29) is 17.9 Å². The van der Waals surface area contributed by atoms with Crippen LogP contribution in [0, 0.1) is 5.82 Å². The van der Waals surface area contributed by atoms with E-state index in [1.54, 1.807) is 16.8 Å². The molecule has 2 aromatic carbocycles. The molecule has 1 aromatic heterocycles. The van der Waals surface area contributed by atoms with Gasteiger partial charge in [0.2, 0.25) is 5.95 Å². The Kier molecular flexibility index (Phi) is 4.02. The average Bonchev–Trinajstić information content (AvgIpc) is 3.04. The molecule has 0 amide bonds. The largest absolute Gasteiger partial charge is 0.348 e. The Morgan fingerprint density at radius 3 is 2.75 bits per heavy atom. The normalized spacial score (nSPS) is 19.6. The first-order valence-corrected chi connectivity index (χ1v) is 8.66. The molecular weight excluding hydrogens is 395 g/mol. The van der Waals surface area contributed by atoms with Gasteiger partial charge in [0.15, 0.2) is 0 Å². The molecule has 1 aliphatic heterocycles. The minimum atomic E-state index is -0.328. The van der Waals surface area contributed by atoms with E-state index in [4.69, 9.17) is 11.6 Å². The molecule has 2 heterocycles. The van der Waals surface area contributed by atoms with E-state index in [1.165, 1.54) is 12.4 Å². The van der Waals surface area contributed by atoms with Gasteiger partial charge in [-0.25, -0.2) is 9.07 Å². The van der Waals surface area contributed by atoms with Gasteiger partial charge in [-0.15, -0.1) is 0 Å². The van der Waals surface area contributed by atoms with E-state index in [0.717, 1.165) is 10.0 Å². The standard InChI is InChI=1S/C17H13BrClFN4/c18-11-6-4-10(5-7-11)14-8-15(24-17(23-14)21-9-22-24)16-12(19)2-1-3-13(16)20/h1-7,9,14-15H,8H2,(H,21,22,23)/t14-,15+/m1/s1. The number of benzene rings is 2. The lowest BCUT2D eigenvalue weighted by molar-refractivity contribution is 0.416. The van der Waals surface area contributed by atoms with Crippen LogP contribution in [0.3, 0.4) is 0 Å². The zero-order valence-electron chi connectivity index (χ0n) is 12.5. The highest BCUT2D eigenvalue weighted by molar-refractivity contribution is 9.10. The topological polar surface area (TPSA) is 42.7 Å². The van der Waals surface area contributed by atoms with Crippen LogP contribution < -0.4 is 5.32 Å². The number of fused-ring (bicyclic) bond motifs is 1. The van der Waals surface area contributed by atoms with Crippen LogP contribution in [-0.4, -0.2) is 14.8 Å². The molecule has 2 atom stereocenters. The molecule has 0 spiro atoms. The minimum absolute atomic E-state index is 0.00419. The first-order chi connectivity index (χ1) is 11.6. The van der Waals surface area contributed by atoms with Crippen molar-refractivity contribution in [3.8, 4) is 0 Å². The smallest absolute Gasteiger partial charge is 0.222 e. The molecule has 0 fully saturated rings. The van der Waals surface area contributed by atoms with Crippen LogP contribution in [0.4, 0.5) is 10.3 Å². The Labute approximate surface area is 151 Å². The van der Waals surface area contributed by atoms with Crippen LogP contribution >= 0.6 is 27.5 Å². The van der Waals surface area contributed by atoms with Gasteiger partial charge in [0.25, 0.3) is 0 Å². The predicted molar refractivity (Wildman–Crippen MR) is 94.7 cm³/mol. The van der Waals surface area contributed by atoms with Gasteiger partial charge < -0.3 is 5.32 Å². The molecule has 4 rings (SSSR count). The Hall–Kier alpha value is -1.92. The maximum atomic E-state index is 14.4. The molecule has 0 unspecified atom stereocenters. The van der Waals surface area contributed by atoms with Gasteiger partial charge in [0.1, 0.15) is 12.1 Å². The summed E-state index contributed by atoms with van der Waals surface area (Å²) in [5, 5.41) is 8.01. The van der Waals surface area contributed by atoms with Crippen LogP contribution in [0.2, 0.25) is 5.02 Å². The SMILES string of the molecule is Fc1cccc(Cl)c1[C@@H]1C[C@H](c2ccc(Br)cc2)Nc2ncnn21. The van der Waals surface area contributed by atoms with Gasteiger partial charge >= 0.3 is 0 Å². The summed E-state index contributed by atoms with van der Waals surface area (Å²) in [5.74, 6) is 0.281. The molecule has 0 radical (unpaired) electrons. The zero-order valence-corrected chi connectivity index (χ0v) is 14.8. The quantitative estimate of drug-likeness (QED) is 0.651. The molecular formula is C17H13BrClFN4. The van der Waals surface area contributed by atoms with Gasteiger partial charge in [0, 0.05) is 15.1 Å². The van der Waals surface area contributed by atoms with E-state index >= 15 is 0 Å². The molecule has 1 aliphatic rings. The summed E-state index contributed by atoms with van der Waals surface area (Å²) in [6.07, 6.45) is 2.09. The van der Waals surface area contributed by atoms with Crippen molar-refractivity contribution in [1.82, 2.24) is 14.8 Å². The number of hydrogen-bond acceptors (Lipinski definition) is 3. The fourth-order valence-electron chi connectivity index (χ4n) is 3.10. The number of hydrogen-bond donors (Lipinski definition) is 1. The van der Waals surface area contributed by atoms with Gasteiger partial charge in [-0.1, -0.05) is 45.7 Å². The highest BCUT2D eigenvalue weighted by atomic mass is 79.9. The summed E-state index contributed by atoms with van der Waals surface area (Å²) in [6, 6.07) is 12.5. The summed E-state index contributed by atoms with van der Waals surface area (Å²) in [7, 11) is 0. The molecule has 7 heteroatoms. The highest BCUT2D eigenvalue weighted by Crippen LogP contribution is 2.40. The number of nitrogens with zero attached hydrogens (tertiary/aromatic N) is 3. The van der Waals surface area contributed by atoms with Crippen molar-refractivity contribution >= 4 is 33.5 Å². The molecule has 0 saturated carbocycles. The van der Waals surface area contributed by atoms with E-state index in [2.05, 4.69) is 31.3 Å². The molecule has 0 aliphatic carbocycles. The van der Waals surface area contributed by atoms with Gasteiger partial charge in [-0.2, -0.15) is 10.1 Å². The number of anilines is 1. The predicted octanol–water partition coefficient (Wildman–Crippen LogP) is 4.98. The summed E-state index contributed by atoms with van der Waals surface area (Å²) in [5.41, 5.74) is 1.56. The molecule has 24 heavy (non-hydrogen) atoms. The monoisotopic (exact) mass is 406 g/mol. The van der Waals surface area contributed by atoms with E-state index in [1.807, 2.05) is 24.3 Å². The van der Waals surface area contributed by atoms with Crippen molar-refractivity contribution in [3.05, 3.63) is 75.2 Å². The first-order valence-electron chi connectivity index (χ1n) is 7.49. The Morgan fingerprint density at radius 1 is 1.21 bits per heavy atom. The molecule has 3 aromatic rings. The van der Waals surface area contributed by atoms with Crippen molar-refractivity contribution in [2.75, 3.05) is 5.32 Å².